The highest BCUT2D eigenvalue weighted by molar-refractivity contribution is 5.89. The monoisotopic (exact) mass is 328 g/mol. The van der Waals surface area contributed by atoms with Crippen LogP contribution in [0.3, 0.4) is 0 Å². The Morgan fingerprint density at radius 1 is 1.12 bits per heavy atom. The minimum Gasteiger partial charge on any atom is -0.496 e. The molecule has 24 heavy (non-hydrogen) atoms. The Morgan fingerprint density at radius 3 is 2.50 bits per heavy atom. The molecule has 0 fully saturated rings. The molecule has 0 bridgehead atoms. The van der Waals surface area contributed by atoms with E-state index in [1.807, 2.05) is 38.1 Å². The summed E-state index contributed by atoms with van der Waals surface area (Å²) in [5.74, 6) is 2.29. The number of nitrogens with one attached hydrogen (secondary N) is 2. The van der Waals surface area contributed by atoms with Gasteiger partial charge in [-0.1, -0.05) is 32.0 Å². The molecule has 0 atom stereocenters. The molecule has 0 saturated carbocycles. The number of nitrogens with zero attached hydrogens (tertiary/aromatic N) is 2. The van der Waals surface area contributed by atoms with Crippen molar-refractivity contribution < 1.29 is 9.53 Å². The minimum absolute atomic E-state index is 0.0452. The maximum atomic E-state index is 11.7. The fraction of sp³-hybridized carbons (Fsp3) is 0.389. The molecular formula is C18H24N4O2. The molecule has 6 nitrogen and oxygen atoms in total. The average molecular weight is 328 g/mol. The van der Waals surface area contributed by atoms with E-state index in [-0.39, 0.29) is 5.91 Å². The Balaban J connectivity index is 1.82. The zero-order valence-electron chi connectivity index (χ0n) is 14.4. The Kier molecular flexibility index (Phi) is 6.54. The van der Waals surface area contributed by atoms with Crippen LogP contribution in [0.1, 0.15) is 25.8 Å². The quantitative estimate of drug-likeness (QED) is 0.778. The summed E-state index contributed by atoms with van der Waals surface area (Å²) in [7, 11) is 1.67. The molecule has 1 aromatic heterocycles. The number of aromatic nitrogens is 2. The molecule has 0 unspecified atom stereocenters. The molecule has 1 amide bonds. The number of para-hydroxylation sites is 1. The van der Waals surface area contributed by atoms with Crippen molar-refractivity contribution in [3.05, 3.63) is 42.0 Å². The number of anilines is 2. The molecule has 0 aliphatic rings. The number of carbonyl (C=O) groups is 1. The number of hydrogen-bond donors (Lipinski definition) is 2. The van der Waals surface area contributed by atoms with Gasteiger partial charge in [-0.2, -0.15) is 0 Å². The topological polar surface area (TPSA) is 76.1 Å². The summed E-state index contributed by atoms with van der Waals surface area (Å²) in [6.45, 7) is 4.72. The Labute approximate surface area is 142 Å². The predicted octanol–water partition coefficient (Wildman–Crippen LogP) is 3.12. The van der Waals surface area contributed by atoms with Crippen LogP contribution in [-0.4, -0.2) is 29.8 Å². The Bertz CT molecular complexity index is 656. The first-order valence-corrected chi connectivity index (χ1v) is 8.08. The van der Waals surface area contributed by atoms with Gasteiger partial charge in [0, 0.05) is 13.0 Å². The molecular weight excluding hydrogens is 304 g/mol. The van der Waals surface area contributed by atoms with E-state index in [2.05, 4.69) is 20.8 Å². The maximum Gasteiger partial charge on any atom is 0.225 e. The van der Waals surface area contributed by atoms with E-state index in [0.29, 0.717) is 30.5 Å². The molecule has 0 spiro atoms. The van der Waals surface area contributed by atoms with E-state index >= 15 is 0 Å². The van der Waals surface area contributed by atoms with Crippen LogP contribution in [0.5, 0.6) is 5.75 Å². The molecule has 2 rings (SSSR count). The Hall–Kier alpha value is -2.63. The van der Waals surface area contributed by atoms with Gasteiger partial charge in [0.1, 0.15) is 11.6 Å². The molecule has 0 aliphatic heterocycles. The number of benzene rings is 1. The molecule has 0 aliphatic carbocycles. The summed E-state index contributed by atoms with van der Waals surface area (Å²) in [5.41, 5.74) is 1.14. The lowest BCUT2D eigenvalue weighted by Gasteiger charge is -2.09. The molecule has 0 radical (unpaired) electrons. The Morgan fingerprint density at radius 2 is 1.83 bits per heavy atom. The number of hydrogen-bond acceptors (Lipinski definition) is 5. The van der Waals surface area contributed by atoms with Crippen molar-refractivity contribution in [3.63, 3.8) is 0 Å². The minimum atomic E-state index is -0.0452. The first kappa shape index (κ1) is 17.7. The number of ether oxygens (including phenoxy) is 1. The number of rotatable bonds is 8. The van der Waals surface area contributed by atoms with Crippen molar-refractivity contribution in [2.45, 2.75) is 26.7 Å². The van der Waals surface area contributed by atoms with Gasteiger partial charge in [0.2, 0.25) is 5.91 Å². The van der Waals surface area contributed by atoms with Crippen molar-refractivity contribution in [2.24, 2.45) is 5.92 Å². The van der Waals surface area contributed by atoms with Crippen LogP contribution in [0.2, 0.25) is 0 Å². The largest absolute Gasteiger partial charge is 0.496 e. The summed E-state index contributed by atoms with van der Waals surface area (Å²) in [4.78, 5) is 11.7. The van der Waals surface area contributed by atoms with Gasteiger partial charge in [0.15, 0.2) is 5.82 Å². The summed E-state index contributed by atoms with van der Waals surface area (Å²) in [5, 5.41) is 14.0. The molecule has 6 heteroatoms. The van der Waals surface area contributed by atoms with Crippen LogP contribution in [0.4, 0.5) is 11.6 Å². The van der Waals surface area contributed by atoms with Crippen molar-refractivity contribution in [3.8, 4) is 5.75 Å². The van der Waals surface area contributed by atoms with E-state index in [9.17, 15) is 4.79 Å². The summed E-state index contributed by atoms with van der Waals surface area (Å²) in [6, 6.07) is 11.5. The van der Waals surface area contributed by atoms with Gasteiger partial charge in [-0.25, -0.2) is 0 Å². The average Bonchev–Trinajstić information content (AvgIpc) is 2.56. The molecule has 2 N–H and O–H groups in total. The van der Waals surface area contributed by atoms with Gasteiger partial charge in [-0.3, -0.25) is 4.79 Å². The third kappa shape index (κ3) is 5.53. The second kappa shape index (κ2) is 8.86. The highest BCUT2D eigenvalue weighted by Crippen LogP contribution is 2.17. The smallest absolute Gasteiger partial charge is 0.225 e. The predicted molar refractivity (Wildman–Crippen MR) is 95.3 cm³/mol. The van der Waals surface area contributed by atoms with E-state index in [4.69, 9.17) is 4.74 Å². The fourth-order valence-electron chi connectivity index (χ4n) is 2.29. The highest BCUT2D eigenvalue weighted by atomic mass is 16.5. The standard InChI is InChI=1S/C18H24N4O2/c1-13(2)12-18(23)20-17-9-8-16(21-22-17)19-11-10-14-6-4-5-7-15(14)24-3/h4-9,13H,10-12H2,1-3H3,(H,19,21)(H,20,22,23). The SMILES string of the molecule is COc1ccccc1CCNc1ccc(NC(=O)CC(C)C)nn1. The van der Waals surface area contributed by atoms with Crippen molar-refractivity contribution >= 4 is 17.5 Å². The van der Waals surface area contributed by atoms with Crippen molar-refractivity contribution in [2.75, 3.05) is 24.3 Å². The van der Waals surface area contributed by atoms with E-state index in [1.165, 1.54) is 0 Å². The normalized spacial score (nSPS) is 10.5. The first-order chi connectivity index (χ1) is 11.6. The molecule has 128 valence electrons. The zero-order valence-corrected chi connectivity index (χ0v) is 14.4. The third-order valence-electron chi connectivity index (χ3n) is 3.42. The summed E-state index contributed by atoms with van der Waals surface area (Å²) in [6.07, 6.45) is 1.29. The van der Waals surface area contributed by atoms with Crippen molar-refractivity contribution in [1.82, 2.24) is 10.2 Å². The van der Waals surface area contributed by atoms with Gasteiger partial charge in [-0.05, 0) is 36.1 Å². The highest BCUT2D eigenvalue weighted by Gasteiger charge is 2.07. The number of amides is 1. The van der Waals surface area contributed by atoms with E-state index in [0.717, 1.165) is 17.7 Å². The molecule has 1 aromatic carbocycles. The lowest BCUT2D eigenvalue weighted by Crippen LogP contribution is -2.15. The van der Waals surface area contributed by atoms with Crippen molar-refractivity contribution in [1.29, 1.82) is 0 Å². The first-order valence-electron chi connectivity index (χ1n) is 8.08. The third-order valence-corrected chi connectivity index (χ3v) is 3.42. The van der Waals surface area contributed by atoms with Gasteiger partial charge in [0.05, 0.1) is 7.11 Å². The van der Waals surface area contributed by atoms with E-state index < -0.39 is 0 Å². The van der Waals surface area contributed by atoms with Gasteiger partial charge >= 0.3 is 0 Å². The number of methoxy groups -OCH3 is 1. The van der Waals surface area contributed by atoms with Crippen LogP contribution in [0.15, 0.2) is 36.4 Å². The summed E-state index contributed by atoms with van der Waals surface area (Å²) >= 11 is 0. The summed E-state index contributed by atoms with van der Waals surface area (Å²) < 4.78 is 5.33. The lowest BCUT2D eigenvalue weighted by molar-refractivity contribution is -0.116. The van der Waals surface area contributed by atoms with Gasteiger partial charge < -0.3 is 15.4 Å². The lowest BCUT2D eigenvalue weighted by atomic mass is 10.1. The van der Waals surface area contributed by atoms with Crippen LogP contribution in [0.25, 0.3) is 0 Å². The van der Waals surface area contributed by atoms with Crippen LogP contribution >= 0.6 is 0 Å². The van der Waals surface area contributed by atoms with E-state index in [1.54, 1.807) is 19.2 Å². The van der Waals surface area contributed by atoms with Crippen LogP contribution in [-0.2, 0) is 11.2 Å². The van der Waals surface area contributed by atoms with Crippen LogP contribution < -0.4 is 15.4 Å². The molecule has 1 heterocycles. The van der Waals surface area contributed by atoms with Crippen LogP contribution in [0, 0.1) is 5.92 Å². The zero-order chi connectivity index (χ0) is 17.4. The van der Waals surface area contributed by atoms with Gasteiger partial charge in [-0.15, -0.1) is 10.2 Å². The van der Waals surface area contributed by atoms with Gasteiger partial charge in [0.25, 0.3) is 0 Å². The second-order valence-electron chi connectivity index (χ2n) is 5.94. The fourth-order valence-corrected chi connectivity index (χ4v) is 2.29. The second-order valence-corrected chi connectivity index (χ2v) is 5.94. The molecule has 0 saturated heterocycles. The number of carbonyl (C=O) groups excluding carboxylic acids is 1. The molecule has 2 aromatic rings. The maximum absolute atomic E-state index is 11.7.